The number of pyridine rings is 1. The number of carboxylic acids is 1. The van der Waals surface area contributed by atoms with Gasteiger partial charge in [-0.1, -0.05) is 6.07 Å². The molecule has 3 heterocycles. The second kappa shape index (κ2) is 6.60. The lowest BCUT2D eigenvalue weighted by Gasteiger charge is -2.34. The third-order valence-corrected chi connectivity index (χ3v) is 4.53. The van der Waals surface area contributed by atoms with Gasteiger partial charge in [-0.3, -0.25) is 18.9 Å². The molecule has 1 aliphatic rings. The van der Waals surface area contributed by atoms with E-state index in [2.05, 4.69) is 9.88 Å². The van der Waals surface area contributed by atoms with E-state index < -0.39 is 5.97 Å². The van der Waals surface area contributed by atoms with Gasteiger partial charge >= 0.3 is 5.97 Å². The maximum absolute atomic E-state index is 11.4. The van der Waals surface area contributed by atoms with Crippen molar-refractivity contribution in [2.75, 3.05) is 26.2 Å². The molecule has 128 valence electrons. The van der Waals surface area contributed by atoms with Crippen LogP contribution in [0.25, 0.3) is 5.65 Å². The van der Waals surface area contributed by atoms with Gasteiger partial charge in [0.05, 0.1) is 17.8 Å². The second-order valence-corrected chi connectivity index (χ2v) is 6.22. The Balaban J connectivity index is 1.87. The average Bonchev–Trinajstić information content (AvgIpc) is 2.86. The lowest BCUT2D eigenvalue weighted by atomic mass is 10.2. The number of aryl methyl sites for hydroxylation is 1. The molecular formula is C17H22N4O3. The molecule has 0 aromatic carbocycles. The zero-order valence-electron chi connectivity index (χ0n) is 14.0. The van der Waals surface area contributed by atoms with Crippen LogP contribution >= 0.6 is 0 Å². The monoisotopic (exact) mass is 330 g/mol. The first-order chi connectivity index (χ1) is 11.5. The average molecular weight is 330 g/mol. The molecule has 1 aliphatic heterocycles. The van der Waals surface area contributed by atoms with Gasteiger partial charge in [0.2, 0.25) is 5.91 Å². The highest BCUT2D eigenvalue weighted by atomic mass is 16.4. The lowest BCUT2D eigenvalue weighted by molar-refractivity contribution is -0.136. The van der Waals surface area contributed by atoms with Crippen LogP contribution < -0.4 is 0 Å². The number of fused-ring (bicyclic) bond motifs is 1. The Morgan fingerprint density at radius 3 is 2.54 bits per heavy atom. The van der Waals surface area contributed by atoms with Crippen molar-refractivity contribution in [1.82, 2.24) is 19.2 Å². The minimum atomic E-state index is -0.876. The van der Waals surface area contributed by atoms with Crippen molar-refractivity contribution in [1.29, 1.82) is 0 Å². The van der Waals surface area contributed by atoms with E-state index in [4.69, 9.17) is 0 Å². The van der Waals surface area contributed by atoms with Crippen LogP contribution in [-0.4, -0.2) is 62.3 Å². The van der Waals surface area contributed by atoms with E-state index in [1.54, 1.807) is 6.92 Å². The largest absolute Gasteiger partial charge is 0.481 e. The Labute approximate surface area is 140 Å². The number of nitrogens with zero attached hydrogens (tertiary/aromatic N) is 4. The molecule has 0 bridgehead atoms. The molecule has 0 unspecified atom stereocenters. The fraction of sp³-hybridized carbons (Fsp3) is 0.471. The Hall–Kier alpha value is -2.41. The van der Waals surface area contributed by atoms with Gasteiger partial charge in [-0.2, -0.15) is 0 Å². The maximum atomic E-state index is 11.4. The van der Waals surface area contributed by atoms with Crippen LogP contribution in [0.4, 0.5) is 0 Å². The fourth-order valence-electron chi connectivity index (χ4n) is 3.25. The van der Waals surface area contributed by atoms with E-state index in [1.807, 2.05) is 34.4 Å². The van der Waals surface area contributed by atoms with Crippen LogP contribution in [0, 0.1) is 6.92 Å². The highest BCUT2D eigenvalue weighted by molar-refractivity contribution is 5.73. The third kappa shape index (κ3) is 3.26. The molecule has 1 fully saturated rings. The number of aliphatic carboxylic acids is 1. The molecule has 0 spiro atoms. The third-order valence-electron chi connectivity index (χ3n) is 4.53. The molecule has 24 heavy (non-hydrogen) atoms. The van der Waals surface area contributed by atoms with Gasteiger partial charge in [-0.25, -0.2) is 4.98 Å². The minimum absolute atomic E-state index is 0.0795. The molecule has 2 aromatic heterocycles. The van der Waals surface area contributed by atoms with Crippen molar-refractivity contribution >= 4 is 17.5 Å². The topological polar surface area (TPSA) is 78.2 Å². The zero-order valence-corrected chi connectivity index (χ0v) is 14.0. The molecule has 7 nitrogen and oxygen atoms in total. The summed E-state index contributed by atoms with van der Waals surface area (Å²) < 4.78 is 2.04. The quantitative estimate of drug-likeness (QED) is 0.902. The molecule has 2 aromatic rings. The molecule has 1 saturated heterocycles. The van der Waals surface area contributed by atoms with E-state index in [-0.39, 0.29) is 12.3 Å². The SMILES string of the molecule is CC(=O)N1CCN(Cc2c(CC(=O)O)nc3cccc(C)n23)CC1. The van der Waals surface area contributed by atoms with Crippen molar-refractivity contribution in [3.8, 4) is 0 Å². The predicted octanol–water partition coefficient (Wildman–Crippen LogP) is 0.934. The molecule has 0 saturated carbocycles. The van der Waals surface area contributed by atoms with E-state index in [9.17, 15) is 14.7 Å². The van der Waals surface area contributed by atoms with Gasteiger partial charge in [0.15, 0.2) is 0 Å². The first kappa shape index (κ1) is 16.4. The molecule has 0 radical (unpaired) electrons. The molecule has 0 aliphatic carbocycles. The van der Waals surface area contributed by atoms with E-state index in [0.717, 1.165) is 30.1 Å². The number of piperazine rings is 1. The number of carbonyl (C=O) groups excluding carboxylic acids is 1. The summed E-state index contributed by atoms with van der Waals surface area (Å²) in [6.45, 7) is 7.21. The van der Waals surface area contributed by atoms with Crippen LogP contribution in [-0.2, 0) is 22.6 Å². The van der Waals surface area contributed by atoms with Crippen LogP contribution in [0.5, 0.6) is 0 Å². The summed E-state index contributed by atoms with van der Waals surface area (Å²) in [7, 11) is 0. The number of hydrogen-bond acceptors (Lipinski definition) is 4. The summed E-state index contributed by atoms with van der Waals surface area (Å²) in [5, 5.41) is 9.18. The Bertz CT molecular complexity index is 775. The molecule has 3 rings (SSSR count). The minimum Gasteiger partial charge on any atom is -0.481 e. The van der Waals surface area contributed by atoms with Crippen molar-refractivity contribution in [2.24, 2.45) is 0 Å². The standard InChI is InChI=1S/C17H22N4O3/c1-12-4-3-5-16-18-14(10-17(23)24)15(21(12)16)11-19-6-8-20(9-7-19)13(2)22/h3-5H,6-11H2,1-2H3,(H,23,24). The predicted molar refractivity (Wildman–Crippen MR) is 88.8 cm³/mol. The van der Waals surface area contributed by atoms with Gasteiger partial charge in [0, 0.05) is 45.3 Å². The van der Waals surface area contributed by atoms with Gasteiger partial charge in [-0.15, -0.1) is 0 Å². The van der Waals surface area contributed by atoms with Gasteiger partial charge in [0.25, 0.3) is 0 Å². The number of hydrogen-bond donors (Lipinski definition) is 1. The summed E-state index contributed by atoms with van der Waals surface area (Å²) in [6, 6.07) is 5.82. The van der Waals surface area contributed by atoms with Crippen LogP contribution in [0.1, 0.15) is 24.0 Å². The number of carbonyl (C=O) groups is 2. The summed E-state index contributed by atoms with van der Waals surface area (Å²) in [6.07, 6.45) is -0.0795. The van der Waals surface area contributed by atoms with Crippen molar-refractivity contribution in [3.63, 3.8) is 0 Å². The summed E-state index contributed by atoms with van der Waals surface area (Å²) >= 11 is 0. The van der Waals surface area contributed by atoms with Crippen molar-refractivity contribution < 1.29 is 14.7 Å². The second-order valence-electron chi connectivity index (χ2n) is 6.22. The number of amides is 1. The smallest absolute Gasteiger partial charge is 0.309 e. The summed E-state index contributed by atoms with van der Waals surface area (Å²) in [4.78, 5) is 31.2. The molecule has 1 amide bonds. The lowest BCUT2D eigenvalue weighted by Crippen LogP contribution is -2.47. The number of carboxylic acid groups (broad SMARTS) is 1. The molecular weight excluding hydrogens is 308 g/mol. The summed E-state index contributed by atoms with van der Waals surface area (Å²) in [5.41, 5.74) is 3.37. The van der Waals surface area contributed by atoms with E-state index >= 15 is 0 Å². The normalized spacial score (nSPS) is 15.8. The molecule has 1 N–H and O–H groups in total. The fourth-order valence-corrected chi connectivity index (χ4v) is 3.25. The number of rotatable bonds is 4. The number of aromatic nitrogens is 2. The van der Waals surface area contributed by atoms with Crippen LogP contribution in [0.3, 0.4) is 0 Å². The maximum Gasteiger partial charge on any atom is 0.309 e. The number of imidazole rings is 1. The first-order valence-corrected chi connectivity index (χ1v) is 8.11. The van der Waals surface area contributed by atoms with Gasteiger partial charge in [-0.05, 0) is 19.1 Å². The van der Waals surface area contributed by atoms with Gasteiger partial charge in [0.1, 0.15) is 5.65 Å². The van der Waals surface area contributed by atoms with E-state index in [1.165, 1.54) is 0 Å². The Morgan fingerprint density at radius 1 is 1.21 bits per heavy atom. The first-order valence-electron chi connectivity index (χ1n) is 8.11. The highest BCUT2D eigenvalue weighted by Crippen LogP contribution is 2.19. The van der Waals surface area contributed by atoms with Crippen LogP contribution in [0.15, 0.2) is 18.2 Å². The Kier molecular flexibility index (Phi) is 4.53. The molecule has 0 atom stereocenters. The Morgan fingerprint density at radius 2 is 1.92 bits per heavy atom. The zero-order chi connectivity index (χ0) is 17.3. The summed E-state index contributed by atoms with van der Waals surface area (Å²) in [5.74, 6) is -0.773. The van der Waals surface area contributed by atoms with E-state index in [0.29, 0.717) is 25.3 Å². The van der Waals surface area contributed by atoms with Crippen molar-refractivity contribution in [3.05, 3.63) is 35.3 Å². The highest BCUT2D eigenvalue weighted by Gasteiger charge is 2.22. The van der Waals surface area contributed by atoms with Crippen LogP contribution in [0.2, 0.25) is 0 Å². The molecule has 7 heteroatoms. The van der Waals surface area contributed by atoms with Gasteiger partial charge < -0.3 is 10.0 Å². The van der Waals surface area contributed by atoms with Crippen molar-refractivity contribution in [2.45, 2.75) is 26.8 Å².